The molecule has 0 bridgehead atoms. The van der Waals surface area contributed by atoms with Crippen LogP contribution in [0.1, 0.15) is 18.5 Å². The second-order valence-electron chi connectivity index (χ2n) is 4.38. The summed E-state index contributed by atoms with van der Waals surface area (Å²) < 4.78 is 12.9. The van der Waals surface area contributed by atoms with Crippen LogP contribution < -0.4 is 5.32 Å². The number of nitrogens with one attached hydrogen (secondary N) is 1. The van der Waals surface area contributed by atoms with E-state index in [-0.39, 0.29) is 17.5 Å². The van der Waals surface area contributed by atoms with Gasteiger partial charge in [-0.2, -0.15) is 0 Å². The fourth-order valence-corrected chi connectivity index (χ4v) is 1.92. The minimum Gasteiger partial charge on any atom is -0.507 e. The maximum absolute atomic E-state index is 12.9. The van der Waals surface area contributed by atoms with Gasteiger partial charge in [0.25, 0.3) is 5.69 Å². The smallest absolute Gasteiger partial charge is 0.271 e. The van der Waals surface area contributed by atoms with Crippen LogP contribution in [0, 0.1) is 15.9 Å². The van der Waals surface area contributed by atoms with Gasteiger partial charge in [-0.3, -0.25) is 10.1 Å². The molecule has 0 aromatic heterocycles. The van der Waals surface area contributed by atoms with E-state index >= 15 is 0 Å². The molecule has 0 fully saturated rings. The van der Waals surface area contributed by atoms with Gasteiger partial charge in [0.05, 0.1) is 11.0 Å². The molecule has 0 heterocycles. The number of rotatable bonds is 4. The Balaban J connectivity index is 2.21. The highest BCUT2D eigenvalue weighted by Gasteiger charge is 2.12. The van der Waals surface area contributed by atoms with E-state index in [2.05, 4.69) is 5.32 Å². The molecule has 6 heteroatoms. The Labute approximate surface area is 114 Å². The zero-order valence-electron chi connectivity index (χ0n) is 10.7. The van der Waals surface area contributed by atoms with Crippen molar-refractivity contribution < 1.29 is 14.4 Å². The molecule has 0 amide bonds. The summed E-state index contributed by atoms with van der Waals surface area (Å²) >= 11 is 0. The summed E-state index contributed by atoms with van der Waals surface area (Å²) in [5, 5.41) is 23.4. The van der Waals surface area contributed by atoms with Crippen LogP contribution >= 0.6 is 0 Å². The molecule has 2 N–H and O–H groups in total. The molecular weight excluding hydrogens is 263 g/mol. The topological polar surface area (TPSA) is 75.4 Å². The number of nitro groups is 1. The van der Waals surface area contributed by atoms with Crippen LogP contribution in [-0.4, -0.2) is 10.0 Å². The monoisotopic (exact) mass is 276 g/mol. The Morgan fingerprint density at radius 1 is 1.30 bits per heavy atom. The third-order valence-corrected chi connectivity index (χ3v) is 2.90. The van der Waals surface area contributed by atoms with Crippen molar-refractivity contribution in [2.24, 2.45) is 0 Å². The van der Waals surface area contributed by atoms with E-state index in [9.17, 15) is 19.6 Å². The Morgan fingerprint density at radius 2 is 2.05 bits per heavy atom. The largest absolute Gasteiger partial charge is 0.507 e. The highest BCUT2D eigenvalue weighted by molar-refractivity contribution is 5.53. The summed E-state index contributed by atoms with van der Waals surface area (Å²) in [5.74, 6) is -0.677. The van der Waals surface area contributed by atoms with Crippen molar-refractivity contribution in [3.8, 4) is 5.75 Å². The van der Waals surface area contributed by atoms with Gasteiger partial charge in [0.1, 0.15) is 11.6 Å². The molecule has 0 aliphatic rings. The first-order valence-electron chi connectivity index (χ1n) is 5.97. The van der Waals surface area contributed by atoms with Gasteiger partial charge in [-0.15, -0.1) is 0 Å². The van der Waals surface area contributed by atoms with Crippen molar-refractivity contribution >= 4 is 11.4 Å². The average molecular weight is 276 g/mol. The number of hydrogen-bond acceptors (Lipinski definition) is 4. The van der Waals surface area contributed by atoms with Crippen LogP contribution in [0.4, 0.5) is 15.8 Å². The van der Waals surface area contributed by atoms with E-state index in [1.54, 1.807) is 19.1 Å². The van der Waals surface area contributed by atoms with E-state index in [0.29, 0.717) is 11.3 Å². The van der Waals surface area contributed by atoms with Crippen LogP contribution in [0.2, 0.25) is 0 Å². The Bertz CT molecular complexity index is 646. The lowest BCUT2D eigenvalue weighted by Crippen LogP contribution is -2.07. The molecule has 0 saturated carbocycles. The zero-order chi connectivity index (χ0) is 14.7. The molecule has 104 valence electrons. The fourth-order valence-electron chi connectivity index (χ4n) is 1.92. The molecule has 0 aliphatic carbocycles. The molecule has 0 aliphatic heterocycles. The van der Waals surface area contributed by atoms with Crippen LogP contribution in [-0.2, 0) is 0 Å². The number of nitro benzene ring substituents is 1. The molecule has 5 nitrogen and oxygen atoms in total. The van der Waals surface area contributed by atoms with Crippen molar-refractivity contribution in [3.05, 3.63) is 64.0 Å². The van der Waals surface area contributed by atoms with Crippen LogP contribution in [0.3, 0.4) is 0 Å². The fraction of sp³-hybridized carbons (Fsp3) is 0.143. The minimum atomic E-state index is -0.520. The van der Waals surface area contributed by atoms with Crippen molar-refractivity contribution in [1.82, 2.24) is 0 Å². The number of non-ortho nitro benzene ring substituents is 1. The van der Waals surface area contributed by atoms with Gasteiger partial charge in [-0.1, -0.05) is 12.1 Å². The summed E-state index contributed by atoms with van der Waals surface area (Å²) in [6, 6.07) is 9.48. The van der Waals surface area contributed by atoms with E-state index in [0.717, 1.165) is 6.07 Å². The molecule has 2 aromatic rings. The number of phenols is 1. The van der Waals surface area contributed by atoms with E-state index in [1.165, 1.54) is 24.3 Å². The number of benzene rings is 2. The molecule has 20 heavy (non-hydrogen) atoms. The molecule has 2 rings (SSSR count). The van der Waals surface area contributed by atoms with Crippen LogP contribution in [0.5, 0.6) is 5.75 Å². The molecule has 0 saturated heterocycles. The van der Waals surface area contributed by atoms with Gasteiger partial charge in [-0.05, 0) is 19.1 Å². The summed E-state index contributed by atoms with van der Waals surface area (Å²) in [5.41, 5.74) is 1.04. The van der Waals surface area contributed by atoms with Gasteiger partial charge in [0.2, 0.25) is 0 Å². The maximum Gasteiger partial charge on any atom is 0.271 e. The Morgan fingerprint density at radius 3 is 2.70 bits per heavy atom. The molecule has 0 radical (unpaired) electrons. The zero-order valence-corrected chi connectivity index (χ0v) is 10.7. The third-order valence-electron chi connectivity index (χ3n) is 2.90. The van der Waals surface area contributed by atoms with Gasteiger partial charge in [0.15, 0.2) is 0 Å². The Hall–Kier alpha value is -2.63. The number of aromatic hydroxyl groups is 1. The normalized spacial score (nSPS) is 11.9. The molecule has 1 unspecified atom stereocenters. The van der Waals surface area contributed by atoms with Gasteiger partial charge in [-0.25, -0.2) is 4.39 Å². The number of nitrogens with zero attached hydrogens (tertiary/aromatic N) is 1. The summed E-state index contributed by atoms with van der Waals surface area (Å²) in [6.07, 6.45) is 0. The van der Waals surface area contributed by atoms with E-state index in [1.807, 2.05) is 0 Å². The first-order valence-corrected chi connectivity index (χ1v) is 5.97. The van der Waals surface area contributed by atoms with Crippen molar-refractivity contribution in [3.63, 3.8) is 0 Å². The van der Waals surface area contributed by atoms with Crippen LogP contribution in [0.15, 0.2) is 42.5 Å². The quantitative estimate of drug-likeness (QED) is 0.660. The van der Waals surface area contributed by atoms with Crippen LogP contribution in [0.25, 0.3) is 0 Å². The Kier molecular flexibility index (Phi) is 3.84. The number of phenolic OH excluding ortho intramolecular Hbond substituents is 1. The summed E-state index contributed by atoms with van der Waals surface area (Å²) in [4.78, 5) is 10.2. The highest BCUT2D eigenvalue weighted by atomic mass is 19.1. The van der Waals surface area contributed by atoms with E-state index in [4.69, 9.17) is 0 Å². The number of halogens is 1. The second-order valence-corrected chi connectivity index (χ2v) is 4.38. The lowest BCUT2D eigenvalue weighted by atomic mass is 10.1. The number of anilines is 1. The minimum absolute atomic E-state index is 0.0227. The standard InChI is InChI=1S/C14H13FN2O3/c1-9(13-6-5-10(15)7-14(13)18)16-11-3-2-4-12(8-11)17(19)20/h2-9,16,18H,1H3. The first-order chi connectivity index (χ1) is 9.47. The summed E-state index contributed by atoms with van der Waals surface area (Å²) in [6.45, 7) is 1.77. The predicted octanol–water partition coefficient (Wildman–Crippen LogP) is 3.61. The predicted molar refractivity (Wildman–Crippen MR) is 73.2 cm³/mol. The summed E-state index contributed by atoms with van der Waals surface area (Å²) in [7, 11) is 0. The maximum atomic E-state index is 12.9. The number of hydrogen-bond donors (Lipinski definition) is 2. The van der Waals surface area contributed by atoms with Gasteiger partial charge < -0.3 is 10.4 Å². The van der Waals surface area contributed by atoms with Crippen molar-refractivity contribution in [2.75, 3.05) is 5.32 Å². The lowest BCUT2D eigenvalue weighted by molar-refractivity contribution is -0.384. The SMILES string of the molecule is CC(Nc1cccc([N+](=O)[O-])c1)c1ccc(F)cc1O. The van der Waals surface area contributed by atoms with Crippen molar-refractivity contribution in [2.45, 2.75) is 13.0 Å². The van der Waals surface area contributed by atoms with Gasteiger partial charge in [0, 0.05) is 29.4 Å². The second kappa shape index (κ2) is 5.56. The molecular formula is C14H13FN2O3. The van der Waals surface area contributed by atoms with Gasteiger partial charge >= 0.3 is 0 Å². The third kappa shape index (κ3) is 3.03. The van der Waals surface area contributed by atoms with Crippen molar-refractivity contribution in [1.29, 1.82) is 0 Å². The lowest BCUT2D eigenvalue weighted by Gasteiger charge is -2.16. The molecule has 2 aromatic carbocycles. The first kappa shape index (κ1) is 13.8. The molecule has 0 spiro atoms. The average Bonchev–Trinajstić information content (AvgIpc) is 2.38. The molecule has 1 atom stereocenters. The van der Waals surface area contributed by atoms with E-state index < -0.39 is 10.7 Å². The highest BCUT2D eigenvalue weighted by Crippen LogP contribution is 2.28.